The minimum Gasteiger partial charge on any atom is -0.385 e. The van der Waals surface area contributed by atoms with E-state index in [-0.39, 0.29) is 11.5 Å². The SMILES string of the molecule is COCCCNC(=O)/C(C#N)=C/c1sc(N2CCOCC2)nc1-c1ccccc1. The van der Waals surface area contributed by atoms with E-state index in [0.29, 0.717) is 32.8 Å². The molecule has 2 aromatic rings. The Labute approximate surface area is 174 Å². The van der Waals surface area contributed by atoms with E-state index in [1.807, 2.05) is 36.4 Å². The fourth-order valence-electron chi connectivity index (χ4n) is 2.90. The molecule has 1 amide bonds. The predicted octanol–water partition coefficient (Wildman–Crippen LogP) is 2.71. The van der Waals surface area contributed by atoms with Crippen LogP contribution in [0.15, 0.2) is 35.9 Å². The summed E-state index contributed by atoms with van der Waals surface area (Å²) in [6.07, 6.45) is 2.33. The number of ether oxygens (including phenoxy) is 2. The molecule has 0 spiro atoms. The number of benzene rings is 1. The normalized spacial score (nSPS) is 14.5. The second-order valence-corrected chi connectivity index (χ2v) is 7.46. The van der Waals surface area contributed by atoms with E-state index in [0.717, 1.165) is 34.4 Å². The lowest BCUT2D eigenvalue weighted by Crippen LogP contribution is -2.36. The Morgan fingerprint density at radius 3 is 2.83 bits per heavy atom. The molecule has 152 valence electrons. The van der Waals surface area contributed by atoms with Gasteiger partial charge in [0.1, 0.15) is 11.6 Å². The number of hydrogen-bond acceptors (Lipinski definition) is 7. The molecular weight excluding hydrogens is 388 g/mol. The van der Waals surface area contributed by atoms with Gasteiger partial charge < -0.3 is 19.7 Å². The van der Waals surface area contributed by atoms with Gasteiger partial charge in [0, 0.05) is 38.9 Å². The van der Waals surface area contributed by atoms with Gasteiger partial charge in [0.05, 0.1) is 23.8 Å². The molecule has 1 aliphatic rings. The van der Waals surface area contributed by atoms with E-state index in [2.05, 4.69) is 10.2 Å². The molecule has 2 heterocycles. The molecule has 8 heteroatoms. The molecule has 0 aliphatic carbocycles. The molecule has 1 fully saturated rings. The molecule has 7 nitrogen and oxygen atoms in total. The fourth-order valence-corrected chi connectivity index (χ4v) is 3.99. The number of morpholine rings is 1. The van der Waals surface area contributed by atoms with Gasteiger partial charge in [0.25, 0.3) is 5.91 Å². The smallest absolute Gasteiger partial charge is 0.261 e. The van der Waals surface area contributed by atoms with Crippen LogP contribution in [-0.4, -0.2) is 57.5 Å². The van der Waals surface area contributed by atoms with Gasteiger partial charge in [-0.05, 0) is 12.5 Å². The summed E-state index contributed by atoms with van der Waals surface area (Å²) >= 11 is 1.49. The highest BCUT2D eigenvalue weighted by atomic mass is 32.1. The van der Waals surface area contributed by atoms with E-state index in [9.17, 15) is 10.1 Å². The Morgan fingerprint density at radius 1 is 1.38 bits per heavy atom. The first-order valence-corrected chi connectivity index (χ1v) is 10.3. The number of nitriles is 1. The maximum absolute atomic E-state index is 12.4. The summed E-state index contributed by atoms with van der Waals surface area (Å²) < 4.78 is 10.4. The average molecular weight is 413 g/mol. The third kappa shape index (κ3) is 5.64. The summed E-state index contributed by atoms with van der Waals surface area (Å²) in [7, 11) is 1.61. The third-order valence-corrected chi connectivity index (χ3v) is 5.49. The van der Waals surface area contributed by atoms with Crippen molar-refractivity contribution in [2.75, 3.05) is 51.5 Å². The average Bonchev–Trinajstić information content (AvgIpc) is 3.20. The van der Waals surface area contributed by atoms with Crippen LogP contribution in [0.1, 0.15) is 11.3 Å². The van der Waals surface area contributed by atoms with Crippen LogP contribution in [0.25, 0.3) is 17.3 Å². The van der Waals surface area contributed by atoms with Crippen molar-refractivity contribution in [1.82, 2.24) is 10.3 Å². The lowest BCUT2D eigenvalue weighted by Gasteiger charge is -2.26. The molecule has 0 unspecified atom stereocenters. The van der Waals surface area contributed by atoms with E-state index in [1.165, 1.54) is 11.3 Å². The molecule has 0 saturated carbocycles. The molecule has 1 aromatic heterocycles. The van der Waals surface area contributed by atoms with Crippen LogP contribution in [-0.2, 0) is 14.3 Å². The first-order valence-electron chi connectivity index (χ1n) is 9.51. The van der Waals surface area contributed by atoms with Crippen LogP contribution in [0.5, 0.6) is 0 Å². The first kappa shape index (κ1) is 21.0. The highest BCUT2D eigenvalue weighted by Crippen LogP contribution is 2.35. The molecule has 0 bridgehead atoms. The van der Waals surface area contributed by atoms with E-state index in [4.69, 9.17) is 14.5 Å². The lowest BCUT2D eigenvalue weighted by atomic mass is 10.1. The number of carbonyl (C=O) groups is 1. The van der Waals surface area contributed by atoms with Gasteiger partial charge in [-0.25, -0.2) is 4.98 Å². The van der Waals surface area contributed by atoms with Crippen molar-refractivity contribution < 1.29 is 14.3 Å². The summed E-state index contributed by atoms with van der Waals surface area (Å²) in [4.78, 5) is 20.2. The number of aromatic nitrogens is 1. The monoisotopic (exact) mass is 412 g/mol. The van der Waals surface area contributed by atoms with Crippen LogP contribution in [0.4, 0.5) is 5.13 Å². The minimum absolute atomic E-state index is 0.0665. The summed E-state index contributed by atoms with van der Waals surface area (Å²) in [5.74, 6) is -0.385. The molecule has 3 rings (SSSR count). The highest BCUT2D eigenvalue weighted by molar-refractivity contribution is 7.17. The second kappa shape index (κ2) is 10.7. The van der Waals surface area contributed by atoms with E-state index in [1.54, 1.807) is 13.2 Å². The summed E-state index contributed by atoms with van der Waals surface area (Å²) in [5.41, 5.74) is 1.79. The van der Waals surface area contributed by atoms with Gasteiger partial charge in [-0.3, -0.25) is 4.79 Å². The molecule has 1 aliphatic heterocycles. The topological polar surface area (TPSA) is 87.5 Å². The predicted molar refractivity (Wildman–Crippen MR) is 114 cm³/mol. The fraction of sp³-hybridized carbons (Fsp3) is 0.381. The molecule has 0 radical (unpaired) electrons. The number of amides is 1. The summed E-state index contributed by atoms with van der Waals surface area (Å²) in [6.45, 7) is 3.89. The number of nitrogens with one attached hydrogen (secondary N) is 1. The molecule has 1 aromatic carbocycles. The molecule has 29 heavy (non-hydrogen) atoms. The number of rotatable bonds is 8. The van der Waals surface area contributed by atoms with Crippen molar-refractivity contribution in [3.8, 4) is 17.3 Å². The van der Waals surface area contributed by atoms with E-state index >= 15 is 0 Å². The standard InChI is InChI=1S/C21H24N4O3S/c1-27-11-5-8-23-20(26)17(15-22)14-18-19(16-6-3-2-4-7-16)24-21(29-18)25-9-12-28-13-10-25/h2-4,6-7,14H,5,8-13H2,1H3,(H,23,26)/b17-14+. The Balaban J connectivity index is 1.89. The number of carbonyl (C=O) groups excluding carboxylic acids is 1. The van der Waals surface area contributed by atoms with Crippen molar-refractivity contribution in [2.24, 2.45) is 0 Å². The highest BCUT2D eigenvalue weighted by Gasteiger charge is 2.20. The maximum Gasteiger partial charge on any atom is 0.261 e. The van der Waals surface area contributed by atoms with Crippen molar-refractivity contribution in [3.05, 3.63) is 40.8 Å². The van der Waals surface area contributed by atoms with Crippen molar-refractivity contribution in [1.29, 1.82) is 5.26 Å². The Hall–Kier alpha value is -2.73. The molecule has 1 saturated heterocycles. The van der Waals surface area contributed by atoms with Crippen LogP contribution >= 0.6 is 11.3 Å². The Bertz CT molecular complexity index is 883. The van der Waals surface area contributed by atoms with Crippen molar-refractivity contribution in [3.63, 3.8) is 0 Å². The first-order chi connectivity index (χ1) is 14.2. The number of hydrogen-bond donors (Lipinski definition) is 1. The number of methoxy groups -OCH3 is 1. The van der Waals surface area contributed by atoms with E-state index < -0.39 is 0 Å². The van der Waals surface area contributed by atoms with Crippen LogP contribution in [0.2, 0.25) is 0 Å². The van der Waals surface area contributed by atoms with Crippen LogP contribution in [0, 0.1) is 11.3 Å². The zero-order valence-corrected chi connectivity index (χ0v) is 17.2. The van der Waals surface area contributed by atoms with Crippen molar-refractivity contribution >= 4 is 28.5 Å². The second-order valence-electron chi connectivity index (χ2n) is 6.45. The molecule has 0 atom stereocenters. The van der Waals surface area contributed by atoms with Gasteiger partial charge in [0.15, 0.2) is 5.13 Å². The lowest BCUT2D eigenvalue weighted by molar-refractivity contribution is -0.117. The summed E-state index contributed by atoms with van der Waals surface area (Å²) in [5, 5.41) is 13.2. The van der Waals surface area contributed by atoms with Crippen molar-refractivity contribution in [2.45, 2.75) is 6.42 Å². The van der Waals surface area contributed by atoms with Gasteiger partial charge >= 0.3 is 0 Å². The van der Waals surface area contributed by atoms with Gasteiger partial charge in [-0.15, -0.1) is 0 Å². The maximum atomic E-state index is 12.4. The molecule has 1 N–H and O–H groups in total. The minimum atomic E-state index is -0.385. The van der Waals surface area contributed by atoms with Crippen LogP contribution < -0.4 is 10.2 Å². The van der Waals surface area contributed by atoms with Gasteiger partial charge in [-0.1, -0.05) is 41.7 Å². The zero-order valence-electron chi connectivity index (χ0n) is 16.4. The van der Waals surface area contributed by atoms with Gasteiger partial charge in [-0.2, -0.15) is 5.26 Å². The number of nitrogens with zero attached hydrogens (tertiary/aromatic N) is 3. The quantitative estimate of drug-likeness (QED) is 0.408. The van der Waals surface area contributed by atoms with Gasteiger partial charge in [0.2, 0.25) is 0 Å². The number of anilines is 1. The Kier molecular flexibility index (Phi) is 7.76. The van der Waals surface area contributed by atoms with Crippen LogP contribution in [0.3, 0.4) is 0 Å². The Morgan fingerprint density at radius 2 is 2.14 bits per heavy atom. The molecular formula is C21H24N4O3S. The zero-order chi connectivity index (χ0) is 20.5. The summed E-state index contributed by atoms with van der Waals surface area (Å²) in [6, 6.07) is 11.8. The third-order valence-electron chi connectivity index (χ3n) is 4.42. The largest absolute Gasteiger partial charge is 0.385 e. The number of thiazole rings is 1.